The third-order valence-corrected chi connectivity index (χ3v) is 3.10. The van der Waals surface area contributed by atoms with Crippen molar-refractivity contribution in [2.75, 3.05) is 6.54 Å². The van der Waals surface area contributed by atoms with Crippen LogP contribution in [0.25, 0.3) is 11.4 Å². The summed E-state index contributed by atoms with van der Waals surface area (Å²) in [7, 11) is 0. The topological polar surface area (TPSA) is 50.7 Å². The molecule has 86 valence electrons. The lowest BCUT2D eigenvalue weighted by molar-refractivity contribution is 0.648. The largest absolute Gasteiger partial charge is 0.310 e. The summed E-state index contributed by atoms with van der Waals surface area (Å²) >= 11 is 0. The molecule has 1 aliphatic rings. The van der Waals surface area contributed by atoms with Crippen LogP contribution in [0.15, 0.2) is 36.9 Å². The Labute approximate surface area is 100 Å². The minimum Gasteiger partial charge on any atom is -0.310 e. The Bertz CT molecular complexity index is 492. The van der Waals surface area contributed by atoms with Crippen molar-refractivity contribution in [1.82, 2.24) is 20.3 Å². The fraction of sp³-hybridized carbons (Fsp3) is 0.308. The van der Waals surface area contributed by atoms with Crippen LogP contribution in [-0.4, -0.2) is 21.5 Å². The van der Waals surface area contributed by atoms with E-state index in [1.54, 1.807) is 0 Å². The smallest absolute Gasteiger partial charge is 0.162 e. The van der Waals surface area contributed by atoms with Crippen LogP contribution in [-0.2, 0) is 0 Å². The highest BCUT2D eigenvalue weighted by molar-refractivity contribution is 5.55. The van der Waals surface area contributed by atoms with Crippen molar-refractivity contribution in [2.24, 2.45) is 0 Å². The first-order valence-electron chi connectivity index (χ1n) is 5.89. The summed E-state index contributed by atoms with van der Waals surface area (Å²) in [6, 6.07) is 8.91. The van der Waals surface area contributed by atoms with Crippen molar-refractivity contribution < 1.29 is 0 Å². The van der Waals surface area contributed by atoms with E-state index in [0.717, 1.165) is 17.9 Å². The van der Waals surface area contributed by atoms with E-state index in [0.29, 0.717) is 6.04 Å². The number of nitrogens with zero attached hydrogens (tertiary/aromatic N) is 3. The molecule has 1 aromatic heterocycles. The van der Waals surface area contributed by atoms with Gasteiger partial charge in [0.2, 0.25) is 0 Å². The van der Waals surface area contributed by atoms with Gasteiger partial charge in [-0.15, -0.1) is 0 Å². The summed E-state index contributed by atoms with van der Waals surface area (Å²) in [5.41, 5.74) is 2.37. The molecule has 3 rings (SSSR count). The van der Waals surface area contributed by atoms with Crippen LogP contribution in [0.1, 0.15) is 24.4 Å². The van der Waals surface area contributed by atoms with Crippen molar-refractivity contribution in [1.29, 1.82) is 0 Å². The van der Waals surface area contributed by atoms with E-state index in [1.807, 2.05) is 6.07 Å². The zero-order valence-electron chi connectivity index (χ0n) is 9.50. The maximum atomic E-state index is 4.17. The molecule has 0 radical (unpaired) electrons. The van der Waals surface area contributed by atoms with E-state index in [4.69, 9.17) is 0 Å². The predicted molar refractivity (Wildman–Crippen MR) is 65.2 cm³/mol. The Morgan fingerprint density at radius 1 is 1.18 bits per heavy atom. The summed E-state index contributed by atoms with van der Waals surface area (Å²) in [5.74, 6) is 0.736. The Balaban J connectivity index is 1.94. The summed E-state index contributed by atoms with van der Waals surface area (Å²) in [4.78, 5) is 12.2. The monoisotopic (exact) mass is 226 g/mol. The molecule has 2 aromatic rings. The standard InChI is InChI=1S/C13H14N4/c1-3-10(12-5-2-6-15-12)7-11(4-1)13-16-8-14-9-17-13/h1,3-4,7-9,12,15H,2,5-6H2. The number of rotatable bonds is 2. The van der Waals surface area contributed by atoms with Crippen LogP contribution >= 0.6 is 0 Å². The van der Waals surface area contributed by atoms with Gasteiger partial charge in [0.05, 0.1) is 0 Å². The third kappa shape index (κ3) is 2.17. The molecule has 1 atom stereocenters. The number of aromatic nitrogens is 3. The second kappa shape index (κ2) is 4.59. The summed E-state index contributed by atoms with van der Waals surface area (Å²) in [6.45, 7) is 1.11. The van der Waals surface area contributed by atoms with E-state index in [-0.39, 0.29) is 0 Å². The second-order valence-electron chi connectivity index (χ2n) is 4.24. The van der Waals surface area contributed by atoms with Gasteiger partial charge < -0.3 is 5.32 Å². The minimum atomic E-state index is 0.483. The van der Waals surface area contributed by atoms with Crippen LogP contribution < -0.4 is 5.32 Å². The average molecular weight is 226 g/mol. The first-order chi connectivity index (χ1) is 8.43. The van der Waals surface area contributed by atoms with E-state index in [1.165, 1.54) is 31.1 Å². The average Bonchev–Trinajstić information content (AvgIpc) is 2.94. The van der Waals surface area contributed by atoms with E-state index in [2.05, 4.69) is 38.5 Å². The third-order valence-electron chi connectivity index (χ3n) is 3.10. The molecule has 1 aliphatic heterocycles. The van der Waals surface area contributed by atoms with Gasteiger partial charge in [-0.25, -0.2) is 15.0 Å². The van der Waals surface area contributed by atoms with Crippen molar-refractivity contribution in [3.05, 3.63) is 42.5 Å². The lowest BCUT2D eigenvalue weighted by Gasteiger charge is -2.11. The molecule has 1 fully saturated rings. The normalized spacial score (nSPS) is 19.4. The minimum absolute atomic E-state index is 0.483. The molecule has 4 heteroatoms. The van der Waals surface area contributed by atoms with Crippen molar-refractivity contribution in [3.8, 4) is 11.4 Å². The molecule has 0 aliphatic carbocycles. The Morgan fingerprint density at radius 3 is 2.82 bits per heavy atom. The Hall–Kier alpha value is -1.81. The molecule has 1 unspecified atom stereocenters. The van der Waals surface area contributed by atoms with Gasteiger partial charge in [0.25, 0.3) is 0 Å². The Kier molecular flexibility index (Phi) is 2.80. The van der Waals surface area contributed by atoms with Gasteiger partial charge in [0.15, 0.2) is 5.82 Å². The fourth-order valence-corrected chi connectivity index (χ4v) is 2.25. The molecule has 2 heterocycles. The molecular formula is C13H14N4. The maximum Gasteiger partial charge on any atom is 0.162 e. The lowest BCUT2D eigenvalue weighted by atomic mass is 10.0. The van der Waals surface area contributed by atoms with Crippen molar-refractivity contribution in [2.45, 2.75) is 18.9 Å². The van der Waals surface area contributed by atoms with Crippen LogP contribution in [0.2, 0.25) is 0 Å². The van der Waals surface area contributed by atoms with E-state index >= 15 is 0 Å². The quantitative estimate of drug-likeness (QED) is 0.850. The van der Waals surface area contributed by atoms with Gasteiger partial charge in [-0.3, -0.25) is 0 Å². The summed E-state index contributed by atoms with van der Waals surface area (Å²) < 4.78 is 0. The molecule has 4 nitrogen and oxygen atoms in total. The molecule has 0 saturated carbocycles. The first kappa shape index (κ1) is 10.4. The molecule has 0 bridgehead atoms. The lowest BCUT2D eigenvalue weighted by Crippen LogP contribution is -2.12. The van der Waals surface area contributed by atoms with E-state index < -0.39 is 0 Å². The molecule has 1 saturated heterocycles. The van der Waals surface area contributed by atoms with Crippen molar-refractivity contribution >= 4 is 0 Å². The predicted octanol–water partition coefficient (Wildman–Crippen LogP) is 1.96. The number of benzene rings is 1. The molecule has 17 heavy (non-hydrogen) atoms. The molecule has 1 N–H and O–H groups in total. The SMILES string of the molecule is c1cc(-c2ncncn2)cc(C2CCCN2)c1. The van der Waals surface area contributed by atoms with Gasteiger partial charge in [-0.05, 0) is 31.0 Å². The van der Waals surface area contributed by atoms with Crippen LogP contribution in [0.3, 0.4) is 0 Å². The van der Waals surface area contributed by atoms with Gasteiger partial charge >= 0.3 is 0 Å². The van der Waals surface area contributed by atoms with Gasteiger partial charge in [-0.2, -0.15) is 0 Å². The van der Waals surface area contributed by atoms with Crippen LogP contribution in [0.4, 0.5) is 0 Å². The molecule has 0 amide bonds. The fourth-order valence-electron chi connectivity index (χ4n) is 2.25. The summed E-state index contributed by atoms with van der Waals surface area (Å²) in [5, 5.41) is 3.50. The molecular weight excluding hydrogens is 212 g/mol. The highest BCUT2D eigenvalue weighted by Gasteiger charge is 2.16. The Morgan fingerprint density at radius 2 is 2.06 bits per heavy atom. The highest BCUT2D eigenvalue weighted by Crippen LogP contribution is 2.25. The van der Waals surface area contributed by atoms with Gasteiger partial charge in [-0.1, -0.05) is 18.2 Å². The second-order valence-corrected chi connectivity index (χ2v) is 4.24. The van der Waals surface area contributed by atoms with E-state index in [9.17, 15) is 0 Å². The highest BCUT2D eigenvalue weighted by atomic mass is 15.0. The first-order valence-corrected chi connectivity index (χ1v) is 5.89. The molecule has 1 aromatic carbocycles. The zero-order chi connectivity index (χ0) is 11.5. The van der Waals surface area contributed by atoms with Crippen LogP contribution in [0.5, 0.6) is 0 Å². The number of hydrogen-bond acceptors (Lipinski definition) is 4. The number of nitrogens with one attached hydrogen (secondary N) is 1. The van der Waals surface area contributed by atoms with Crippen molar-refractivity contribution in [3.63, 3.8) is 0 Å². The molecule has 0 spiro atoms. The number of hydrogen-bond donors (Lipinski definition) is 1. The van der Waals surface area contributed by atoms with Crippen LogP contribution in [0, 0.1) is 0 Å². The van der Waals surface area contributed by atoms with Gasteiger partial charge in [0, 0.05) is 11.6 Å². The van der Waals surface area contributed by atoms with Gasteiger partial charge in [0.1, 0.15) is 12.7 Å². The summed E-state index contributed by atoms with van der Waals surface area (Å²) in [6.07, 6.45) is 5.52. The maximum absolute atomic E-state index is 4.17. The zero-order valence-corrected chi connectivity index (χ0v) is 9.50.